The molecule has 0 saturated carbocycles. The van der Waals surface area contributed by atoms with Gasteiger partial charge in [0, 0.05) is 11.0 Å². The van der Waals surface area contributed by atoms with Crippen molar-refractivity contribution in [3.8, 4) is 11.5 Å². The van der Waals surface area contributed by atoms with Crippen LogP contribution in [0, 0.1) is 0 Å². The fraction of sp³-hybridized carbons (Fsp3) is 0.455. The molecule has 1 aromatic rings. The fourth-order valence-electron chi connectivity index (χ4n) is 1.37. The highest BCUT2D eigenvalue weighted by atomic mass is 79.9. The van der Waals surface area contributed by atoms with Crippen LogP contribution in [-0.4, -0.2) is 23.9 Å². The van der Waals surface area contributed by atoms with Gasteiger partial charge in [0.05, 0.1) is 18.2 Å². The smallest absolute Gasteiger partial charge is 0.174 e. The van der Waals surface area contributed by atoms with Crippen molar-refractivity contribution in [1.82, 2.24) is 0 Å². The average Bonchev–Trinajstić information content (AvgIpc) is 2.18. The molecule has 0 atom stereocenters. The summed E-state index contributed by atoms with van der Waals surface area (Å²) in [5.41, 5.74) is 0.183. The summed E-state index contributed by atoms with van der Waals surface area (Å²) in [6.45, 7) is 3.68. The van der Waals surface area contributed by atoms with Crippen LogP contribution in [0.2, 0.25) is 0 Å². The number of aliphatic hydroxyl groups excluding tert-OH is 1. The number of hydrogen-bond acceptors (Lipinski definition) is 3. The summed E-state index contributed by atoms with van der Waals surface area (Å²) in [7, 11) is 1.50. The van der Waals surface area contributed by atoms with Gasteiger partial charge >= 0.3 is 0 Å². The zero-order valence-electron chi connectivity index (χ0n) is 9.04. The Morgan fingerprint density at radius 3 is 2.47 bits per heavy atom. The van der Waals surface area contributed by atoms with E-state index in [0.717, 1.165) is 0 Å². The summed E-state index contributed by atoms with van der Waals surface area (Å²) < 4.78 is 5.77. The normalized spacial score (nSPS) is 11.5. The molecule has 0 aromatic heterocycles. The first-order chi connectivity index (χ1) is 6.94. The number of halogens is 1. The first kappa shape index (κ1) is 12.3. The minimum Gasteiger partial charge on any atom is -0.504 e. The van der Waals surface area contributed by atoms with E-state index >= 15 is 0 Å². The first-order valence-corrected chi connectivity index (χ1v) is 5.40. The Balaban J connectivity index is 3.34. The molecule has 0 aliphatic carbocycles. The SMILES string of the molecule is COc1c(Br)ccc(C(C)(C)CO)c1O. The van der Waals surface area contributed by atoms with E-state index in [0.29, 0.717) is 15.8 Å². The van der Waals surface area contributed by atoms with Crippen molar-refractivity contribution in [2.24, 2.45) is 0 Å². The van der Waals surface area contributed by atoms with Crippen molar-refractivity contribution in [3.05, 3.63) is 22.2 Å². The Morgan fingerprint density at radius 1 is 1.40 bits per heavy atom. The Kier molecular flexibility index (Phi) is 3.62. The van der Waals surface area contributed by atoms with E-state index in [9.17, 15) is 10.2 Å². The highest BCUT2D eigenvalue weighted by molar-refractivity contribution is 9.10. The van der Waals surface area contributed by atoms with Gasteiger partial charge in [-0.3, -0.25) is 0 Å². The molecule has 15 heavy (non-hydrogen) atoms. The van der Waals surface area contributed by atoms with E-state index in [4.69, 9.17) is 4.74 Å². The van der Waals surface area contributed by atoms with Gasteiger partial charge in [0.15, 0.2) is 11.5 Å². The predicted molar refractivity (Wildman–Crippen MR) is 62.5 cm³/mol. The second kappa shape index (κ2) is 4.41. The molecule has 2 N–H and O–H groups in total. The van der Waals surface area contributed by atoms with Crippen LogP contribution in [0.25, 0.3) is 0 Å². The molecule has 4 heteroatoms. The molecular weight excluding hydrogens is 260 g/mol. The summed E-state index contributed by atoms with van der Waals surface area (Å²) in [5.74, 6) is 0.472. The lowest BCUT2D eigenvalue weighted by atomic mass is 9.85. The van der Waals surface area contributed by atoms with Crippen molar-refractivity contribution in [2.45, 2.75) is 19.3 Å². The highest BCUT2D eigenvalue weighted by Gasteiger charge is 2.25. The van der Waals surface area contributed by atoms with Crippen LogP contribution in [-0.2, 0) is 5.41 Å². The Labute approximate surface area is 97.8 Å². The second-order valence-electron chi connectivity index (χ2n) is 4.02. The molecule has 0 aliphatic rings. The molecule has 1 rings (SSSR count). The van der Waals surface area contributed by atoms with E-state index in [2.05, 4.69) is 15.9 Å². The van der Waals surface area contributed by atoms with Crippen LogP contribution in [0.1, 0.15) is 19.4 Å². The van der Waals surface area contributed by atoms with Crippen molar-refractivity contribution in [1.29, 1.82) is 0 Å². The highest BCUT2D eigenvalue weighted by Crippen LogP contribution is 2.41. The number of ether oxygens (including phenoxy) is 1. The van der Waals surface area contributed by atoms with Crippen molar-refractivity contribution in [3.63, 3.8) is 0 Å². The maximum atomic E-state index is 9.97. The molecule has 0 radical (unpaired) electrons. The monoisotopic (exact) mass is 274 g/mol. The number of aliphatic hydroxyl groups is 1. The van der Waals surface area contributed by atoms with Gasteiger partial charge in [-0.1, -0.05) is 19.9 Å². The van der Waals surface area contributed by atoms with Gasteiger partial charge in [-0.05, 0) is 22.0 Å². The van der Waals surface area contributed by atoms with E-state index < -0.39 is 5.41 Å². The number of methoxy groups -OCH3 is 1. The van der Waals surface area contributed by atoms with Crippen molar-refractivity contribution >= 4 is 15.9 Å². The molecule has 0 heterocycles. The average molecular weight is 275 g/mol. The molecule has 0 aliphatic heterocycles. The zero-order chi connectivity index (χ0) is 11.6. The zero-order valence-corrected chi connectivity index (χ0v) is 10.6. The summed E-state index contributed by atoms with van der Waals surface area (Å²) in [5, 5.41) is 19.2. The largest absolute Gasteiger partial charge is 0.504 e. The van der Waals surface area contributed by atoms with E-state index in [1.165, 1.54) is 7.11 Å². The molecule has 0 spiro atoms. The third kappa shape index (κ3) is 2.26. The number of rotatable bonds is 3. The van der Waals surface area contributed by atoms with Crippen LogP contribution < -0.4 is 4.74 Å². The van der Waals surface area contributed by atoms with Gasteiger partial charge in [0.1, 0.15) is 0 Å². The van der Waals surface area contributed by atoms with Crippen molar-refractivity contribution < 1.29 is 14.9 Å². The van der Waals surface area contributed by atoms with Gasteiger partial charge in [-0.25, -0.2) is 0 Å². The Morgan fingerprint density at radius 2 is 2.00 bits per heavy atom. The van der Waals surface area contributed by atoms with Gasteiger partial charge in [-0.15, -0.1) is 0 Å². The number of phenolic OH excluding ortho intramolecular Hbond substituents is 1. The van der Waals surface area contributed by atoms with Crippen molar-refractivity contribution in [2.75, 3.05) is 13.7 Å². The number of hydrogen-bond donors (Lipinski definition) is 2. The molecule has 0 unspecified atom stereocenters. The van der Waals surface area contributed by atoms with Crippen LogP contribution in [0.3, 0.4) is 0 Å². The lowest BCUT2D eigenvalue weighted by molar-refractivity contribution is 0.214. The van der Waals surface area contributed by atoms with Crippen LogP contribution >= 0.6 is 15.9 Å². The molecular formula is C11H15BrO3. The minimum absolute atomic E-state index is 0.0364. The predicted octanol–water partition coefficient (Wildman–Crippen LogP) is 2.43. The van der Waals surface area contributed by atoms with Gasteiger partial charge < -0.3 is 14.9 Å². The maximum Gasteiger partial charge on any atom is 0.174 e. The molecule has 0 fully saturated rings. The molecule has 84 valence electrons. The minimum atomic E-state index is -0.488. The molecule has 1 aromatic carbocycles. The molecule has 0 amide bonds. The molecule has 3 nitrogen and oxygen atoms in total. The van der Waals surface area contributed by atoms with Gasteiger partial charge in [0.2, 0.25) is 0 Å². The van der Waals surface area contributed by atoms with E-state index in [1.54, 1.807) is 12.1 Å². The van der Waals surface area contributed by atoms with E-state index in [1.807, 2.05) is 13.8 Å². The lowest BCUT2D eigenvalue weighted by Crippen LogP contribution is -2.22. The topological polar surface area (TPSA) is 49.7 Å². The standard InChI is InChI=1S/C11H15BrO3/c1-11(2,6-13)7-4-5-8(12)10(15-3)9(7)14/h4-5,13-14H,6H2,1-3H3. The summed E-state index contributed by atoms with van der Waals surface area (Å²) in [6, 6.07) is 3.57. The molecule has 0 saturated heterocycles. The number of benzene rings is 1. The fourth-order valence-corrected chi connectivity index (χ4v) is 1.85. The number of aromatic hydroxyl groups is 1. The summed E-state index contributed by atoms with van der Waals surface area (Å²) in [6.07, 6.45) is 0. The summed E-state index contributed by atoms with van der Waals surface area (Å²) >= 11 is 3.28. The van der Waals surface area contributed by atoms with Crippen LogP contribution in [0.4, 0.5) is 0 Å². The third-order valence-electron chi connectivity index (χ3n) is 2.41. The maximum absolute atomic E-state index is 9.97. The quantitative estimate of drug-likeness (QED) is 0.890. The molecule has 0 bridgehead atoms. The van der Waals surface area contributed by atoms with Gasteiger partial charge in [0.25, 0.3) is 0 Å². The third-order valence-corrected chi connectivity index (χ3v) is 3.04. The van der Waals surface area contributed by atoms with E-state index in [-0.39, 0.29) is 12.4 Å². The lowest BCUT2D eigenvalue weighted by Gasteiger charge is -2.24. The first-order valence-electron chi connectivity index (χ1n) is 4.61. The number of phenols is 1. The summed E-state index contributed by atoms with van der Waals surface area (Å²) in [4.78, 5) is 0. The van der Waals surface area contributed by atoms with Crippen LogP contribution in [0.15, 0.2) is 16.6 Å². The van der Waals surface area contributed by atoms with Crippen LogP contribution in [0.5, 0.6) is 11.5 Å². The Bertz CT molecular complexity index is 361. The second-order valence-corrected chi connectivity index (χ2v) is 4.87. The Hall–Kier alpha value is -0.740. The van der Waals surface area contributed by atoms with Gasteiger partial charge in [-0.2, -0.15) is 0 Å².